The van der Waals surface area contributed by atoms with E-state index in [-0.39, 0.29) is 6.79 Å². The first-order chi connectivity index (χ1) is 14.5. The van der Waals surface area contributed by atoms with Crippen LogP contribution >= 0.6 is 0 Å². The summed E-state index contributed by atoms with van der Waals surface area (Å²) in [6, 6.07) is 8.34. The minimum Gasteiger partial charge on any atom is -0.493 e. The van der Waals surface area contributed by atoms with Crippen LogP contribution in [0.25, 0.3) is 6.08 Å². The lowest BCUT2D eigenvalue weighted by molar-refractivity contribution is -0.142. The van der Waals surface area contributed by atoms with Crippen molar-refractivity contribution in [2.75, 3.05) is 40.0 Å². The maximum absolute atomic E-state index is 12.0. The number of carbonyl (C=O) groups is 2. The number of hydrogen-bond donors (Lipinski definition) is 1. The predicted molar refractivity (Wildman–Crippen MR) is 107 cm³/mol. The molecule has 1 heterocycles. The molecule has 0 aromatic heterocycles. The molecule has 1 amide bonds. The molecule has 2 aromatic rings. The van der Waals surface area contributed by atoms with Gasteiger partial charge in [0.05, 0.1) is 21.3 Å². The number of anilines is 1. The second-order valence-corrected chi connectivity index (χ2v) is 6.02. The van der Waals surface area contributed by atoms with Gasteiger partial charge in [0.2, 0.25) is 12.5 Å². The van der Waals surface area contributed by atoms with E-state index in [1.165, 1.54) is 33.5 Å². The van der Waals surface area contributed by atoms with E-state index >= 15 is 0 Å². The van der Waals surface area contributed by atoms with E-state index in [9.17, 15) is 9.59 Å². The average molecular weight is 415 g/mol. The molecule has 30 heavy (non-hydrogen) atoms. The monoisotopic (exact) mass is 415 g/mol. The first-order valence-corrected chi connectivity index (χ1v) is 8.88. The number of benzene rings is 2. The van der Waals surface area contributed by atoms with Crippen molar-refractivity contribution >= 4 is 23.6 Å². The normalized spacial score (nSPS) is 11.8. The maximum Gasteiger partial charge on any atom is 0.331 e. The van der Waals surface area contributed by atoms with Crippen molar-refractivity contribution in [2.45, 2.75) is 0 Å². The van der Waals surface area contributed by atoms with E-state index in [0.717, 1.165) is 0 Å². The highest BCUT2D eigenvalue weighted by atomic mass is 16.7. The Morgan fingerprint density at radius 2 is 1.70 bits per heavy atom. The largest absolute Gasteiger partial charge is 0.493 e. The van der Waals surface area contributed by atoms with Gasteiger partial charge in [0.25, 0.3) is 5.91 Å². The van der Waals surface area contributed by atoms with Crippen LogP contribution < -0.4 is 29.0 Å². The van der Waals surface area contributed by atoms with Crippen LogP contribution in [0, 0.1) is 0 Å². The SMILES string of the molecule is COc1cc(/C=C/C(=O)OCC(=O)Nc2ccc3c(c2)OCO3)cc(OC)c1OC. The van der Waals surface area contributed by atoms with Crippen molar-refractivity contribution in [3.05, 3.63) is 42.0 Å². The van der Waals surface area contributed by atoms with Crippen LogP contribution in [0.1, 0.15) is 5.56 Å². The van der Waals surface area contributed by atoms with Gasteiger partial charge in [-0.15, -0.1) is 0 Å². The van der Waals surface area contributed by atoms with Crippen molar-refractivity contribution in [3.8, 4) is 28.7 Å². The third-order valence-electron chi connectivity index (χ3n) is 4.10. The molecule has 0 fully saturated rings. The van der Waals surface area contributed by atoms with Gasteiger partial charge in [-0.1, -0.05) is 0 Å². The van der Waals surface area contributed by atoms with Crippen molar-refractivity contribution < 1.29 is 38.0 Å². The first kappa shape index (κ1) is 20.8. The van der Waals surface area contributed by atoms with Crippen molar-refractivity contribution in [2.24, 2.45) is 0 Å². The van der Waals surface area contributed by atoms with E-state index in [1.54, 1.807) is 30.3 Å². The summed E-state index contributed by atoms with van der Waals surface area (Å²) in [6.07, 6.45) is 2.72. The lowest BCUT2D eigenvalue weighted by Gasteiger charge is -2.12. The fourth-order valence-electron chi connectivity index (χ4n) is 2.72. The minimum absolute atomic E-state index is 0.141. The summed E-state index contributed by atoms with van der Waals surface area (Å²) in [5.41, 5.74) is 1.14. The summed E-state index contributed by atoms with van der Waals surface area (Å²) in [4.78, 5) is 23.9. The van der Waals surface area contributed by atoms with Gasteiger partial charge in [-0.25, -0.2) is 4.79 Å². The summed E-state index contributed by atoms with van der Waals surface area (Å²) in [5, 5.41) is 2.62. The Morgan fingerprint density at radius 3 is 2.37 bits per heavy atom. The summed E-state index contributed by atoms with van der Waals surface area (Å²) in [5.74, 6) is 1.34. The minimum atomic E-state index is -0.676. The fraction of sp³-hybridized carbons (Fsp3) is 0.238. The Labute approximate surface area is 173 Å². The smallest absolute Gasteiger partial charge is 0.331 e. The molecule has 0 bridgehead atoms. The predicted octanol–water partition coefficient (Wildman–Crippen LogP) is 2.64. The van der Waals surface area contributed by atoms with Crippen LogP contribution in [0.3, 0.4) is 0 Å². The van der Waals surface area contributed by atoms with E-state index in [1.807, 2.05) is 0 Å². The molecule has 0 unspecified atom stereocenters. The van der Waals surface area contributed by atoms with Gasteiger partial charge >= 0.3 is 5.97 Å². The van der Waals surface area contributed by atoms with Crippen LogP contribution in [0.15, 0.2) is 36.4 Å². The molecule has 0 aliphatic carbocycles. The van der Waals surface area contributed by atoms with Crippen LogP contribution in [0.5, 0.6) is 28.7 Å². The molecular formula is C21H21NO8. The first-order valence-electron chi connectivity index (χ1n) is 8.88. The Hall–Kier alpha value is -3.88. The van der Waals surface area contributed by atoms with Crippen LogP contribution in [0.2, 0.25) is 0 Å². The molecule has 9 nitrogen and oxygen atoms in total. The van der Waals surface area contributed by atoms with Gasteiger partial charge in [0.15, 0.2) is 29.6 Å². The summed E-state index contributed by atoms with van der Waals surface area (Å²) >= 11 is 0. The molecule has 0 atom stereocenters. The van der Waals surface area contributed by atoms with Gasteiger partial charge in [-0.2, -0.15) is 0 Å². The molecule has 1 aliphatic heterocycles. The standard InChI is InChI=1S/C21H21NO8/c1-25-17-8-13(9-18(26-2)21(17)27-3)4-7-20(24)28-11-19(23)22-14-5-6-15-16(10-14)30-12-29-15/h4-10H,11-12H2,1-3H3,(H,22,23)/b7-4+. The number of carbonyl (C=O) groups excluding carboxylic acids is 2. The van der Waals surface area contributed by atoms with Crippen LogP contribution in [-0.2, 0) is 14.3 Å². The maximum atomic E-state index is 12.0. The summed E-state index contributed by atoms with van der Waals surface area (Å²) in [6.45, 7) is -0.296. The van der Waals surface area contributed by atoms with Gasteiger partial charge in [0.1, 0.15) is 0 Å². The zero-order chi connectivity index (χ0) is 21.5. The Balaban J connectivity index is 1.55. The third-order valence-corrected chi connectivity index (χ3v) is 4.10. The molecule has 1 N–H and O–H groups in total. The number of esters is 1. The lowest BCUT2D eigenvalue weighted by Crippen LogP contribution is -2.20. The molecule has 2 aromatic carbocycles. The number of methoxy groups -OCH3 is 3. The van der Waals surface area contributed by atoms with E-state index in [0.29, 0.717) is 40.0 Å². The number of ether oxygens (including phenoxy) is 6. The summed E-state index contributed by atoms with van der Waals surface area (Å²) < 4.78 is 31.2. The van der Waals surface area contributed by atoms with Gasteiger partial charge in [-0.05, 0) is 35.9 Å². The van der Waals surface area contributed by atoms with Crippen molar-refractivity contribution in [1.29, 1.82) is 0 Å². The van der Waals surface area contributed by atoms with E-state index in [4.69, 9.17) is 28.4 Å². The second kappa shape index (κ2) is 9.55. The molecular weight excluding hydrogens is 394 g/mol. The second-order valence-electron chi connectivity index (χ2n) is 6.02. The van der Waals surface area contributed by atoms with Crippen LogP contribution in [-0.4, -0.2) is 46.6 Å². The summed E-state index contributed by atoms with van der Waals surface area (Å²) in [7, 11) is 4.50. The number of amides is 1. The Kier molecular flexibility index (Phi) is 6.63. The molecule has 3 rings (SSSR count). The Bertz CT molecular complexity index is 944. The molecule has 0 spiro atoms. The van der Waals surface area contributed by atoms with Crippen molar-refractivity contribution in [1.82, 2.24) is 0 Å². The fourth-order valence-corrected chi connectivity index (χ4v) is 2.72. The van der Waals surface area contributed by atoms with Gasteiger partial charge in [-0.3, -0.25) is 4.79 Å². The number of fused-ring (bicyclic) bond motifs is 1. The van der Waals surface area contributed by atoms with Gasteiger partial charge < -0.3 is 33.7 Å². The van der Waals surface area contributed by atoms with E-state index in [2.05, 4.69) is 5.32 Å². The number of rotatable bonds is 8. The number of nitrogens with one attached hydrogen (secondary N) is 1. The molecule has 1 aliphatic rings. The molecule has 9 heteroatoms. The van der Waals surface area contributed by atoms with Gasteiger partial charge in [0, 0.05) is 17.8 Å². The molecule has 158 valence electrons. The molecule has 0 saturated carbocycles. The van der Waals surface area contributed by atoms with E-state index < -0.39 is 18.5 Å². The quantitative estimate of drug-likeness (QED) is 0.519. The Morgan fingerprint density at radius 1 is 1.00 bits per heavy atom. The lowest BCUT2D eigenvalue weighted by atomic mass is 10.1. The topological polar surface area (TPSA) is 102 Å². The zero-order valence-electron chi connectivity index (χ0n) is 16.7. The number of hydrogen-bond acceptors (Lipinski definition) is 8. The third kappa shape index (κ3) is 4.93. The molecule has 0 saturated heterocycles. The average Bonchev–Trinajstić information content (AvgIpc) is 3.23. The van der Waals surface area contributed by atoms with Crippen molar-refractivity contribution in [3.63, 3.8) is 0 Å². The highest BCUT2D eigenvalue weighted by molar-refractivity contribution is 5.95. The van der Waals surface area contributed by atoms with Crippen LogP contribution in [0.4, 0.5) is 5.69 Å². The molecule has 0 radical (unpaired) electrons. The highest BCUT2D eigenvalue weighted by Crippen LogP contribution is 2.38. The highest BCUT2D eigenvalue weighted by Gasteiger charge is 2.15. The zero-order valence-corrected chi connectivity index (χ0v) is 16.7.